The zero-order valence-corrected chi connectivity index (χ0v) is 11.3. The van der Waals surface area contributed by atoms with Crippen LogP contribution < -0.4 is 11.1 Å². The summed E-state index contributed by atoms with van der Waals surface area (Å²) in [4.78, 5) is 15.4. The second kappa shape index (κ2) is 4.41. The fraction of sp³-hybridized carbons (Fsp3) is 0.143. The summed E-state index contributed by atoms with van der Waals surface area (Å²) in [7, 11) is 1.79. The van der Waals surface area contributed by atoms with Gasteiger partial charge in [-0.3, -0.25) is 9.48 Å². The molecule has 2 heterocycles. The highest BCUT2D eigenvalue weighted by molar-refractivity contribution is 6.12. The van der Waals surface area contributed by atoms with Crippen molar-refractivity contribution in [1.29, 1.82) is 0 Å². The molecule has 0 unspecified atom stereocenters. The predicted octanol–water partition coefficient (Wildman–Crippen LogP) is 2.04. The molecule has 20 heavy (non-hydrogen) atoms. The minimum Gasteiger partial charge on any atom is -0.399 e. The third kappa shape index (κ3) is 2.01. The zero-order valence-electron chi connectivity index (χ0n) is 11.3. The monoisotopic (exact) mass is 269 g/mol. The molecule has 102 valence electrons. The number of nitrogens with one attached hydrogen (secondary N) is 2. The van der Waals surface area contributed by atoms with Gasteiger partial charge in [-0.15, -0.1) is 0 Å². The van der Waals surface area contributed by atoms with E-state index in [0.717, 1.165) is 16.6 Å². The van der Waals surface area contributed by atoms with E-state index < -0.39 is 0 Å². The number of rotatable bonds is 2. The molecule has 2 aromatic heterocycles. The Hall–Kier alpha value is -2.76. The molecule has 0 aliphatic carbocycles. The Morgan fingerprint density at radius 1 is 1.40 bits per heavy atom. The summed E-state index contributed by atoms with van der Waals surface area (Å²) in [5, 5.41) is 7.85. The van der Waals surface area contributed by atoms with Crippen molar-refractivity contribution >= 4 is 28.3 Å². The number of nitrogens with two attached hydrogens (primary N) is 1. The van der Waals surface area contributed by atoms with Crippen LogP contribution in [0.3, 0.4) is 0 Å². The first-order valence-corrected chi connectivity index (χ1v) is 6.23. The van der Waals surface area contributed by atoms with Crippen molar-refractivity contribution in [3.05, 3.63) is 41.7 Å². The van der Waals surface area contributed by atoms with Gasteiger partial charge in [0.05, 0.1) is 11.3 Å². The first-order chi connectivity index (χ1) is 9.54. The van der Waals surface area contributed by atoms with Crippen LogP contribution in [0.15, 0.2) is 30.5 Å². The Balaban J connectivity index is 1.96. The minimum absolute atomic E-state index is 0.190. The van der Waals surface area contributed by atoms with Crippen molar-refractivity contribution in [2.75, 3.05) is 11.1 Å². The van der Waals surface area contributed by atoms with E-state index in [1.165, 1.54) is 0 Å². The molecule has 0 spiro atoms. The van der Waals surface area contributed by atoms with E-state index in [1.807, 2.05) is 19.1 Å². The molecule has 0 bridgehead atoms. The normalized spacial score (nSPS) is 10.9. The molecule has 6 heteroatoms. The van der Waals surface area contributed by atoms with Crippen molar-refractivity contribution < 1.29 is 4.79 Å². The van der Waals surface area contributed by atoms with Crippen LogP contribution in [-0.4, -0.2) is 20.7 Å². The third-order valence-electron chi connectivity index (χ3n) is 3.19. The van der Waals surface area contributed by atoms with Crippen molar-refractivity contribution in [2.45, 2.75) is 6.92 Å². The highest BCUT2D eigenvalue weighted by atomic mass is 16.1. The summed E-state index contributed by atoms with van der Waals surface area (Å²) >= 11 is 0. The van der Waals surface area contributed by atoms with Gasteiger partial charge in [0, 0.05) is 35.9 Å². The fourth-order valence-corrected chi connectivity index (χ4v) is 2.24. The van der Waals surface area contributed by atoms with Crippen molar-refractivity contribution in [3.8, 4) is 0 Å². The number of amides is 1. The average Bonchev–Trinajstić information content (AvgIpc) is 2.93. The van der Waals surface area contributed by atoms with Crippen molar-refractivity contribution in [3.63, 3.8) is 0 Å². The summed E-state index contributed by atoms with van der Waals surface area (Å²) in [6.45, 7) is 1.88. The van der Waals surface area contributed by atoms with Crippen LogP contribution >= 0.6 is 0 Å². The summed E-state index contributed by atoms with van der Waals surface area (Å²) in [6, 6.07) is 7.26. The highest BCUT2D eigenvalue weighted by Crippen LogP contribution is 2.22. The van der Waals surface area contributed by atoms with Crippen LogP contribution in [0.2, 0.25) is 0 Å². The number of benzene rings is 1. The number of fused-ring (bicyclic) bond motifs is 1. The maximum atomic E-state index is 12.3. The molecule has 0 aliphatic rings. The van der Waals surface area contributed by atoms with Gasteiger partial charge in [0.15, 0.2) is 0 Å². The van der Waals surface area contributed by atoms with Gasteiger partial charge >= 0.3 is 0 Å². The van der Waals surface area contributed by atoms with Crippen LogP contribution in [0.1, 0.15) is 16.1 Å². The number of hydrogen-bond acceptors (Lipinski definition) is 3. The van der Waals surface area contributed by atoms with E-state index >= 15 is 0 Å². The van der Waals surface area contributed by atoms with Crippen LogP contribution in [0.5, 0.6) is 0 Å². The van der Waals surface area contributed by atoms with Crippen LogP contribution in [0, 0.1) is 6.92 Å². The van der Waals surface area contributed by atoms with Gasteiger partial charge < -0.3 is 16.0 Å². The number of carbonyl (C=O) groups excluding carboxylic acids is 1. The molecule has 0 aliphatic heterocycles. The van der Waals surface area contributed by atoms with Gasteiger partial charge in [0.25, 0.3) is 5.91 Å². The van der Waals surface area contributed by atoms with Crippen LogP contribution in [0.4, 0.5) is 11.5 Å². The molecule has 6 nitrogen and oxygen atoms in total. The van der Waals surface area contributed by atoms with Crippen LogP contribution in [-0.2, 0) is 7.05 Å². The topological polar surface area (TPSA) is 88.7 Å². The van der Waals surface area contributed by atoms with Gasteiger partial charge in [-0.2, -0.15) is 5.10 Å². The lowest BCUT2D eigenvalue weighted by Gasteiger charge is -2.04. The second-order valence-corrected chi connectivity index (χ2v) is 4.76. The number of nitrogen functional groups attached to an aromatic ring is 1. The maximum Gasteiger partial charge on any atom is 0.258 e. The molecule has 0 saturated heterocycles. The fourth-order valence-electron chi connectivity index (χ4n) is 2.24. The van der Waals surface area contributed by atoms with Crippen LogP contribution in [0.25, 0.3) is 10.9 Å². The van der Waals surface area contributed by atoms with E-state index in [-0.39, 0.29) is 5.91 Å². The summed E-state index contributed by atoms with van der Waals surface area (Å²) in [6.07, 6.45) is 1.68. The molecule has 4 N–H and O–H groups in total. The largest absolute Gasteiger partial charge is 0.399 e. The number of aromatic amines is 1. The highest BCUT2D eigenvalue weighted by Gasteiger charge is 2.14. The first kappa shape index (κ1) is 12.3. The molecule has 0 atom stereocenters. The molecule has 3 aromatic rings. The Bertz CT molecular complexity index is 799. The molecular weight excluding hydrogens is 254 g/mol. The zero-order chi connectivity index (χ0) is 14.3. The number of carbonyl (C=O) groups is 1. The second-order valence-electron chi connectivity index (χ2n) is 4.76. The number of nitrogens with zero attached hydrogens (tertiary/aromatic N) is 2. The third-order valence-corrected chi connectivity index (χ3v) is 3.19. The summed E-state index contributed by atoms with van der Waals surface area (Å²) < 4.78 is 1.64. The SMILES string of the molecule is Cc1cc(NC(=O)c2c[nH]c3ccc(N)cc23)n(C)n1. The van der Waals surface area contributed by atoms with Crippen molar-refractivity contribution in [1.82, 2.24) is 14.8 Å². The standard InChI is InChI=1S/C14H15N5O/c1-8-5-13(19(2)18-8)17-14(20)11-7-16-12-4-3-9(15)6-10(11)12/h3-7,16H,15H2,1-2H3,(H,17,20). The van der Waals surface area contributed by atoms with E-state index in [1.54, 1.807) is 30.1 Å². The first-order valence-electron chi connectivity index (χ1n) is 6.23. The molecule has 3 rings (SSSR count). The van der Waals surface area contributed by atoms with Gasteiger partial charge in [0.2, 0.25) is 0 Å². The molecule has 1 aromatic carbocycles. The molecular formula is C14H15N5O. The molecule has 0 saturated carbocycles. The smallest absolute Gasteiger partial charge is 0.258 e. The Kier molecular flexibility index (Phi) is 2.71. The number of H-pyrrole nitrogens is 1. The average molecular weight is 269 g/mol. The lowest BCUT2D eigenvalue weighted by molar-refractivity contribution is 0.102. The number of aromatic nitrogens is 3. The lowest BCUT2D eigenvalue weighted by Crippen LogP contribution is -2.14. The van der Waals surface area contributed by atoms with Gasteiger partial charge in [-0.25, -0.2) is 0 Å². The van der Waals surface area contributed by atoms with Crippen molar-refractivity contribution in [2.24, 2.45) is 7.05 Å². The quantitative estimate of drug-likeness (QED) is 0.622. The van der Waals surface area contributed by atoms with Gasteiger partial charge in [0.1, 0.15) is 5.82 Å². The van der Waals surface area contributed by atoms with E-state index in [4.69, 9.17) is 5.73 Å². The summed E-state index contributed by atoms with van der Waals surface area (Å²) in [5.41, 5.74) is 8.69. The lowest BCUT2D eigenvalue weighted by atomic mass is 10.1. The molecule has 0 radical (unpaired) electrons. The van der Waals surface area contributed by atoms with Gasteiger partial charge in [-0.1, -0.05) is 0 Å². The number of hydrogen-bond donors (Lipinski definition) is 3. The Morgan fingerprint density at radius 3 is 2.90 bits per heavy atom. The van der Waals surface area contributed by atoms with E-state index in [0.29, 0.717) is 17.1 Å². The molecule has 1 amide bonds. The minimum atomic E-state index is -0.190. The number of anilines is 2. The van der Waals surface area contributed by atoms with E-state index in [9.17, 15) is 4.79 Å². The Labute approximate surface area is 115 Å². The number of aryl methyl sites for hydroxylation is 2. The Morgan fingerprint density at radius 2 is 2.20 bits per heavy atom. The molecule has 0 fully saturated rings. The predicted molar refractivity (Wildman–Crippen MR) is 78.6 cm³/mol. The maximum absolute atomic E-state index is 12.3. The van der Waals surface area contributed by atoms with E-state index in [2.05, 4.69) is 15.4 Å². The summed E-state index contributed by atoms with van der Waals surface area (Å²) in [5.74, 6) is 0.468. The van der Waals surface area contributed by atoms with Gasteiger partial charge in [-0.05, 0) is 25.1 Å².